The number of fused-ring (bicyclic) bond motifs is 1. The molecule has 0 atom stereocenters. The first-order valence-electron chi connectivity index (χ1n) is 12.7. The third-order valence-electron chi connectivity index (χ3n) is 6.46. The molecule has 0 saturated heterocycles. The van der Waals surface area contributed by atoms with E-state index >= 15 is 0 Å². The van der Waals surface area contributed by atoms with Crippen LogP contribution in [0.25, 0.3) is 22.3 Å². The molecular formula is C32H25F2N3O3. The van der Waals surface area contributed by atoms with E-state index in [0.29, 0.717) is 57.5 Å². The second-order valence-corrected chi connectivity index (χ2v) is 9.43. The van der Waals surface area contributed by atoms with E-state index in [4.69, 9.17) is 15.1 Å². The van der Waals surface area contributed by atoms with Crippen molar-refractivity contribution in [3.05, 3.63) is 131 Å². The Morgan fingerprint density at radius 2 is 1.48 bits per heavy atom. The molecule has 0 aliphatic heterocycles. The molecule has 0 aliphatic rings. The van der Waals surface area contributed by atoms with E-state index in [-0.39, 0.29) is 30.5 Å². The van der Waals surface area contributed by atoms with Crippen molar-refractivity contribution >= 4 is 22.9 Å². The number of aromatic nitrogens is 2. The van der Waals surface area contributed by atoms with Crippen LogP contribution < -0.4 is 5.32 Å². The van der Waals surface area contributed by atoms with E-state index in [9.17, 15) is 18.4 Å². The summed E-state index contributed by atoms with van der Waals surface area (Å²) in [5.41, 5.74) is 5.79. The summed E-state index contributed by atoms with van der Waals surface area (Å²) in [6.07, 6.45) is 1.01. The molecule has 200 valence electrons. The number of nitrogens with one attached hydrogen (secondary N) is 1. The molecule has 40 heavy (non-hydrogen) atoms. The summed E-state index contributed by atoms with van der Waals surface area (Å²) in [7, 11) is 0. The van der Waals surface area contributed by atoms with Crippen LogP contribution in [0.3, 0.4) is 0 Å². The molecule has 0 bridgehead atoms. The van der Waals surface area contributed by atoms with Gasteiger partial charge in [-0.2, -0.15) is 0 Å². The van der Waals surface area contributed by atoms with Crippen LogP contribution >= 0.6 is 0 Å². The lowest BCUT2D eigenvalue weighted by molar-refractivity contribution is -0.136. The van der Waals surface area contributed by atoms with Crippen LogP contribution in [0.2, 0.25) is 0 Å². The minimum absolute atomic E-state index is 0.0610. The number of benzene rings is 4. The van der Waals surface area contributed by atoms with E-state index in [0.717, 1.165) is 5.56 Å². The Kier molecular flexibility index (Phi) is 7.87. The number of carboxylic acids is 1. The SMILES string of the molecule is O=C(O)Cc1cccc(CCc2nc3cc(C(=O)NCc4cccc(F)c4)ccc3nc2-c2ccc(F)cc2)c1. The van der Waals surface area contributed by atoms with Gasteiger partial charge < -0.3 is 10.4 Å². The maximum absolute atomic E-state index is 13.6. The highest BCUT2D eigenvalue weighted by molar-refractivity contribution is 5.97. The van der Waals surface area contributed by atoms with Gasteiger partial charge in [0, 0.05) is 17.7 Å². The zero-order valence-corrected chi connectivity index (χ0v) is 21.4. The summed E-state index contributed by atoms with van der Waals surface area (Å²) < 4.78 is 27.1. The lowest BCUT2D eigenvalue weighted by Gasteiger charge is -2.12. The van der Waals surface area contributed by atoms with Crippen molar-refractivity contribution in [1.82, 2.24) is 15.3 Å². The van der Waals surface area contributed by atoms with E-state index < -0.39 is 5.97 Å². The normalized spacial score (nSPS) is 10.9. The van der Waals surface area contributed by atoms with E-state index in [1.807, 2.05) is 18.2 Å². The fourth-order valence-electron chi connectivity index (χ4n) is 4.51. The molecule has 4 aromatic carbocycles. The van der Waals surface area contributed by atoms with Crippen molar-refractivity contribution in [3.8, 4) is 11.3 Å². The maximum Gasteiger partial charge on any atom is 0.307 e. The van der Waals surface area contributed by atoms with E-state index in [1.165, 1.54) is 24.3 Å². The smallest absolute Gasteiger partial charge is 0.307 e. The molecule has 0 fully saturated rings. The van der Waals surface area contributed by atoms with Gasteiger partial charge in [-0.3, -0.25) is 9.59 Å². The number of halogens is 2. The second kappa shape index (κ2) is 11.8. The van der Waals surface area contributed by atoms with Gasteiger partial charge in [0.05, 0.1) is 28.8 Å². The van der Waals surface area contributed by atoms with Crippen LogP contribution in [0.1, 0.15) is 32.7 Å². The molecular weight excluding hydrogens is 512 g/mol. The molecule has 8 heteroatoms. The molecule has 0 saturated carbocycles. The summed E-state index contributed by atoms with van der Waals surface area (Å²) in [6.45, 7) is 0.177. The number of aliphatic carboxylic acids is 1. The van der Waals surface area contributed by atoms with Crippen molar-refractivity contribution in [1.29, 1.82) is 0 Å². The summed E-state index contributed by atoms with van der Waals surface area (Å²) in [6, 6.07) is 24.5. The molecule has 2 N–H and O–H groups in total. The molecule has 1 heterocycles. The second-order valence-electron chi connectivity index (χ2n) is 9.43. The lowest BCUT2D eigenvalue weighted by atomic mass is 10.0. The largest absolute Gasteiger partial charge is 0.481 e. The topological polar surface area (TPSA) is 92.2 Å². The number of rotatable bonds is 9. The zero-order valence-electron chi connectivity index (χ0n) is 21.4. The predicted octanol–water partition coefficient (Wildman–Crippen LogP) is 5.92. The number of carboxylic acid groups (broad SMARTS) is 1. The molecule has 0 radical (unpaired) electrons. The first-order valence-corrected chi connectivity index (χ1v) is 12.7. The fraction of sp³-hybridized carbons (Fsp3) is 0.125. The first-order chi connectivity index (χ1) is 19.3. The first kappa shape index (κ1) is 26.6. The van der Waals surface area contributed by atoms with Gasteiger partial charge in [-0.15, -0.1) is 0 Å². The Hall–Kier alpha value is -4.98. The van der Waals surface area contributed by atoms with Gasteiger partial charge in [-0.25, -0.2) is 18.7 Å². The Bertz CT molecular complexity index is 1700. The number of hydrogen-bond donors (Lipinski definition) is 2. The van der Waals surface area contributed by atoms with Crippen LogP contribution in [0.15, 0.2) is 91.0 Å². The van der Waals surface area contributed by atoms with E-state index in [1.54, 1.807) is 48.5 Å². The molecule has 0 spiro atoms. The predicted molar refractivity (Wildman–Crippen MR) is 148 cm³/mol. The Balaban J connectivity index is 1.44. The number of amides is 1. The lowest BCUT2D eigenvalue weighted by Crippen LogP contribution is -2.22. The quantitative estimate of drug-likeness (QED) is 0.244. The summed E-state index contributed by atoms with van der Waals surface area (Å²) >= 11 is 0. The minimum Gasteiger partial charge on any atom is -0.481 e. The van der Waals surface area contributed by atoms with Crippen LogP contribution in [0, 0.1) is 11.6 Å². The maximum atomic E-state index is 13.6. The van der Waals surface area contributed by atoms with Gasteiger partial charge >= 0.3 is 5.97 Å². The highest BCUT2D eigenvalue weighted by atomic mass is 19.1. The Labute approximate surface area is 229 Å². The van der Waals surface area contributed by atoms with Gasteiger partial charge in [0.1, 0.15) is 11.6 Å². The zero-order chi connectivity index (χ0) is 28.1. The average Bonchev–Trinajstić information content (AvgIpc) is 2.94. The van der Waals surface area contributed by atoms with Crippen LogP contribution in [-0.2, 0) is 30.6 Å². The number of nitrogens with zero attached hydrogens (tertiary/aromatic N) is 2. The van der Waals surface area contributed by atoms with Crippen molar-refractivity contribution in [2.45, 2.75) is 25.8 Å². The van der Waals surface area contributed by atoms with Gasteiger partial charge in [0.15, 0.2) is 0 Å². The summed E-state index contributed by atoms with van der Waals surface area (Å²) in [5.74, 6) is -1.95. The van der Waals surface area contributed by atoms with Crippen molar-refractivity contribution in [2.75, 3.05) is 0 Å². The molecule has 5 rings (SSSR count). The van der Waals surface area contributed by atoms with E-state index in [2.05, 4.69) is 5.32 Å². The Morgan fingerprint density at radius 3 is 2.25 bits per heavy atom. The van der Waals surface area contributed by atoms with Crippen molar-refractivity contribution in [3.63, 3.8) is 0 Å². The monoisotopic (exact) mass is 537 g/mol. The fourth-order valence-corrected chi connectivity index (χ4v) is 4.51. The summed E-state index contributed by atoms with van der Waals surface area (Å²) in [5, 5.41) is 11.9. The molecule has 1 aromatic heterocycles. The summed E-state index contributed by atoms with van der Waals surface area (Å²) in [4.78, 5) is 33.6. The molecule has 1 amide bonds. The van der Waals surface area contributed by atoms with Crippen LogP contribution in [-0.4, -0.2) is 27.0 Å². The molecule has 6 nitrogen and oxygen atoms in total. The van der Waals surface area contributed by atoms with Crippen LogP contribution in [0.5, 0.6) is 0 Å². The molecule has 0 unspecified atom stereocenters. The number of hydrogen-bond acceptors (Lipinski definition) is 4. The van der Waals surface area contributed by atoms with Gasteiger partial charge in [0.2, 0.25) is 0 Å². The Morgan fingerprint density at radius 1 is 0.725 bits per heavy atom. The number of carbonyl (C=O) groups excluding carboxylic acids is 1. The standard InChI is InChI=1S/C32H25F2N3O3/c33-25-11-8-23(9-12-25)31-28(13-7-20-3-1-4-21(15-20)17-30(38)39)36-29-18-24(10-14-27(29)37-31)32(40)35-19-22-5-2-6-26(34)16-22/h1-6,8-12,14-16,18H,7,13,17,19H2,(H,35,40)(H,38,39). The number of carbonyl (C=O) groups is 2. The third-order valence-corrected chi connectivity index (χ3v) is 6.46. The van der Waals surface area contributed by atoms with Crippen LogP contribution in [0.4, 0.5) is 8.78 Å². The minimum atomic E-state index is -0.896. The highest BCUT2D eigenvalue weighted by Crippen LogP contribution is 2.26. The highest BCUT2D eigenvalue weighted by Gasteiger charge is 2.14. The van der Waals surface area contributed by atoms with Gasteiger partial charge in [0.25, 0.3) is 5.91 Å². The molecule has 0 aliphatic carbocycles. The van der Waals surface area contributed by atoms with Crippen molar-refractivity contribution < 1.29 is 23.5 Å². The average molecular weight is 538 g/mol. The van der Waals surface area contributed by atoms with Crippen molar-refractivity contribution in [2.24, 2.45) is 0 Å². The van der Waals surface area contributed by atoms with Gasteiger partial charge in [-0.1, -0.05) is 36.4 Å². The number of aryl methyl sites for hydroxylation is 2. The van der Waals surface area contributed by atoms with Gasteiger partial charge in [-0.05, 0) is 84.1 Å². The molecule has 5 aromatic rings. The third kappa shape index (κ3) is 6.53.